The number of fused-ring (bicyclic) bond motifs is 6. The summed E-state index contributed by atoms with van der Waals surface area (Å²) in [6, 6.07) is 84.6. The molecule has 1 aromatic heterocycles. The van der Waals surface area contributed by atoms with Gasteiger partial charge in [-0.25, -0.2) is 0 Å². The highest BCUT2D eigenvalue weighted by atomic mass is 15.1. The van der Waals surface area contributed by atoms with Crippen LogP contribution in [0.5, 0.6) is 0 Å². The third-order valence-electron chi connectivity index (χ3n) is 13.3. The van der Waals surface area contributed by atoms with Crippen LogP contribution < -0.4 is 4.90 Å². The number of rotatable bonds is 7. The van der Waals surface area contributed by atoms with Crippen LogP contribution in [0.25, 0.3) is 82.8 Å². The Bertz CT molecular complexity index is 3520. The minimum absolute atomic E-state index is 0.225. The maximum absolute atomic E-state index is 2.47. The number of nitrogens with zero attached hydrogens (tertiary/aromatic N) is 2. The summed E-state index contributed by atoms with van der Waals surface area (Å²) in [5.74, 6) is 0. The van der Waals surface area contributed by atoms with Gasteiger partial charge in [-0.2, -0.15) is 0 Å². The highest BCUT2D eigenvalue weighted by molar-refractivity contribution is 6.08. The molecule has 0 saturated heterocycles. The quantitative estimate of drug-likeness (QED) is 0.156. The molecule has 0 amide bonds. The molecule has 0 N–H and O–H groups in total. The zero-order chi connectivity index (χ0) is 42.1. The van der Waals surface area contributed by atoms with E-state index in [1.165, 1.54) is 93.9 Å². The van der Waals surface area contributed by atoms with E-state index in [4.69, 9.17) is 0 Å². The molecule has 1 heterocycles. The fraction of sp³-hybridized carbons (Fsp3) is 0.0492. The molecule has 0 fully saturated rings. The van der Waals surface area contributed by atoms with E-state index in [0.717, 1.165) is 17.1 Å². The van der Waals surface area contributed by atoms with Gasteiger partial charge >= 0.3 is 0 Å². The summed E-state index contributed by atoms with van der Waals surface area (Å²) >= 11 is 0. The van der Waals surface area contributed by atoms with E-state index in [-0.39, 0.29) is 5.41 Å². The standard InChI is InChI=1S/C61H44N2/c1-61(2)55-39-47(30-34-52(55)53-35-33-50(40-56(53)61)62(48-25-10-5-11-26-48)57-28-16-24-42-18-14-15-27-51(42)57)46-31-36-58-54(38-46)59(43-19-6-3-7-20-43)60(44-21-8-4-9-22-44)63(58)49-32-29-41-17-12-13-23-45(41)37-49/h3-40H,1-2H3. The SMILES string of the molecule is CC1(C)c2cc(-c3ccc4c(c3)c(-c3ccccc3)c(-c3ccccc3)n4-c3ccc4ccccc4c3)ccc2-c2ccc(N(c3ccccc3)c3cccc4ccccc34)cc21. The van der Waals surface area contributed by atoms with Crippen LogP contribution >= 0.6 is 0 Å². The second-order valence-corrected chi connectivity index (χ2v) is 17.3. The first-order valence-corrected chi connectivity index (χ1v) is 21.9. The van der Waals surface area contributed by atoms with Crippen LogP contribution in [0.1, 0.15) is 25.0 Å². The molecule has 298 valence electrons. The molecule has 0 saturated carbocycles. The van der Waals surface area contributed by atoms with Gasteiger partial charge in [0.25, 0.3) is 0 Å². The Labute approximate surface area is 368 Å². The lowest BCUT2D eigenvalue weighted by Gasteiger charge is -2.29. The van der Waals surface area contributed by atoms with Crippen molar-refractivity contribution in [2.24, 2.45) is 0 Å². The van der Waals surface area contributed by atoms with Crippen molar-refractivity contribution in [2.75, 3.05) is 4.90 Å². The Kier molecular flexibility index (Phi) is 8.55. The Balaban J connectivity index is 1.01. The number of hydrogen-bond donors (Lipinski definition) is 0. The van der Waals surface area contributed by atoms with E-state index in [0.29, 0.717) is 0 Å². The van der Waals surface area contributed by atoms with Crippen molar-refractivity contribution in [1.82, 2.24) is 4.57 Å². The van der Waals surface area contributed by atoms with Gasteiger partial charge in [0.05, 0.1) is 16.9 Å². The Morgan fingerprint density at radius 2 is 0.984 bits per heavy atom. The van der Waals surface area contributed by atoms with Crippen molar-refractivity contribution in [3.8, 4) is 50.3 Å². The zero-order valence-electron chi connectivity index (χ0n) is 35.3. The molecule has 12 rings (SSSR count). The number of para-hydroxylation sites is 1. The predicted octanol–water partition coefficient (Wildman–Crippen LogP) is 16.7. The van der Waals surface area contributed by atoms with Gasteiger partial charge in [-0.15, -0.1) is 0 Å². The van der Waals surface area contributed by atoms with Gasteiger partial charge in [0.1, 0.15) is 0 Å². The monoisotopic (exact) mass is 804 g/mol. The summed E-state index contributed by atoms with van der Waals surface area (Å²) in [6.07, 6.45) is 0. The fourth-order valence-corrected chi connectivity index (χ4v) is 10.3. The Morgan fingerprint density at radius 1 is 0.381 bits per heavy atom. The highest BCUT2D eigenvalue weighted by Gasteiger charge is 2.36. The number of hydrogen-bond acceptors (Lipinski definition) is 1. The lowest BCUT2D eigenvalue weighted by Crippen LogP contribution is -2.16. The van der Waals surface area contributed by atoms with E-state index in [1.807, 2.05) is 0 Å². The van der Waals surface area contributed by atoms with Crippen LogP contribution in [0.3, 0.4) is 0 Å². The van der Waals surface area contributed by atoms with Crippen molar-refractivity contribution in [3.05, 3.63) is 242 Å². The first-order chi connectivity index (χ1) is 31.0. The Morgan fingerprint density at radius 3 is 1.76 bits per heavy atom. The molecule has 0 bridgehead atoms. The van der Waals surface area contributed by atoms with Crippen LogP contribution in [-0.2, 0) is 5.41 Å². The first kappa shape index (κ1) is 36.9. The lowest BCUT2D eigenvalue weighted by atomic mass is 9.81. The van der Waals surface area contributed by atoms with Gasteiger partial charge in [0, 0.05) is 38.8 Å². The van der Waals surface area contributed by atoms with Crippen molar-refractivity contribution < 1.29 is 0 Å². The molecule has 0 aliphatic heterocycles. The van der Waals surface area contributed by atoms with Crippen molar-refractivity contribution >= 4 is 49.5 Å². The van der Waals surface area contributed by atoms with Crippen molar-refractivity contribution in [2.45, 2.75) is 19.3 Å². The average Bonchev–Trinajstić information content (AvgIpc) is 3.80. The van der Waals surface area contributed by atoms with Crippen LogP contribution in [-0.4, -0.2) is 4.57 Å². The normalized spacial score (nSPS) is 12.7. The zero-order valence-corrected chi connectivity index (χ0v) is 35.3. The second-order valence-electron chi connectivity index (χ2n) is 17.3. The molecular weight excluding hydrogens is 761 g/mol. The summed E-state index contributed by atoms with van der Waals surface area (Å²) in [5, 5.41) is 6.15. The molecule has 0 spiro atoms. The third kappa shape index (κ3) is 6.02. The molecule has 0 atom stereocenters. The van der Waals surface area contributed by atoms with Crippen LogP contribution in [0.2, 0.25) is 0 Å². The molecule has 1 aliphatic rings. The fourth-order valence-electron chi connectivity index (χ4n) is 10.3. The molecule has 1 aliphatic carbocycles. The largest absolute Gasteiger partial charge is 0.310 e. The van der Waals surface area contributed by atoms with Gasteiger partial charge < -0.3 is 9.47 Å². The summed E-state index contributed by atoms with van der Waals surface area (Å²) in [5.41, 5.74) is 18.1. The lowest BCUT2D eigenvalue weighted by molar-refractivity contribution is 0.660. The average molecular weight is 805 g/mol. The van der Waals surface area contributed by atoms with Gasteiger partial charge in [0.15, 0.2) is 0 Å². The topological polar surface area (TPSA) is 8.17 Å². The summed E-state index contributed by atoms with van der Waals surface area (Å²) in [7, 11) is 0. The van der Waals surface area contributed by atoms with Crippen LogP contribution in [0.4, 0.5) is 17.1 Å². The second kappa shape index (κ2) is 14.6. The van der Waals surface area contributed by atoms with Gasteiger partial charge in [-0.05, 0) is 121 Å². The maximum Gasteiger partial charge on any atom is 0.0619 e. The molecular formula is C61H44N2. The van der Waals surface area contributed by atoms with E-state index >= 15 is 0 Å². The molecule has 63 heavy (non-hydrogen) atoms. The first-order valence-electron chi connectivity index (χ1n) is 21.9. The van der Waals surface area contributed by atoms with E-state index in [2.05, 4.69) is 254 Å². The molecule has 2 nitrogen and oxygen atoms in total. The molecule has 10 aromatic carbocycles. The minimum Gasteiger partial charge on any atom is -0.310 e. The Hall–Kier alpha value is -7.94. The number of benzene rings is 10. The van der Waals surface area contributed by atoms with Crippen molar-refractivity contribution in [3.63, 3.8) is 0 Å². The number of aromatic nitrogens is 1. The summed E-state index contributed by atoms with van der Waals surface area (Å²) < 4.78 is 2.47. The molecule has 0 unspecified atom stereocenters. The third-order valence-corrected chi connectivity index (χ3v) is 13.3. The van der Waals surface area contributed by atoms with Crippen LogP contribution in [0, 0.1) is 0 Å². The highest BCUT2D eigenvalue weighted by Crippen LogP contribution is 2.52. The van der Waals surface area contributed by atoms with E-state index in [9.17, 15) is 0 Å². The molecule has 2 heteroatoms. The van der Waals surface area contributed by atoms with Crippen LogP contribution in [0.15, 0.2) is 231 Å². The van der Waals surface area contributed by atoms with E-state index < -0.39 is 0 Å². The minimum atomic E-state index is -0.225. The van der Waals surface area contributed by atoms with E-state index in [1.54, 1.807) is 0 Å². The molecule has 11 aromatic rings. The van der Waals surface area contributed by atoms with Crippen molar-refractivity contribution in [1.29, 1.82) is 0 Å². The van der Waals surface area contributed by atoms with Gasteiger partial charge in [-0.3, -0.25) is 0 Å². The van der Waals surface area contributed by atoms with Gasteiger partial charge in [0.2, 0.25) is 0 Å². The number of anilines is 3. The van der Waals surface area contributed by atoms with Gasteiger partial charge in [-0.1, -0.05) is 184 Å². The summed E-state index contributed by atoms with van der Waals surface area (Å²) in [6.45, 7) is 4.78. The smallest absolute Gasteiger partial charge is 0.0619 e. The summed E-state index contributed by atoms with van der Waals surface area (Å²) in [4.78, 5) is 2.42. The maximum atomic E-state index is 2.47. The predicted molar refractivity (Wildman–Crippen MR) is 267 cm³/mol. The molecule has 0 radical (unpaired) electrons.